The van der Waals surface area contributed by atoms with Gasteiger partial charge in [0.05, 0.1) is 17.8 Å². The van der Waals surface area contributed by atoms with Crippen LogP contribution in [0.3, 0.4) is 0 Å². The van der Waals surface area contributed by atoms with E-state index in [1.807, 2.05) is 0 Å². The van der Waals surface area contributed by atoms with Gasteiger partial charge in [-0.3, -0.25) is 4.79 Å². The maximum Gasteiger partial charge on any atom is 0.274 e. The number of halogens is 4. The van der Waals surface area contributed by atoms with Crippen LogP contribution in [0.5, 0.6) is 0 Å². The van der Waals surface area contributed by atoms with E-state index in [-0.39, 0.29) is 17.8 Å². The van der Waals surface area contributed by atoms with E-state index in [4.69, 9.17) is 0 Å². The number of amides is 1. The molecule has 0 aliphatic heterocycles. The lowest BCUT2D eigenvalue weighted by atomic mass is 10.1. The van der Waals surface area contributed by atoms with Gasteiger partial charge in [0.2, 0.25) is 0 Å². The lowest BCUT2D eigenvalue weighted by Crippen LogP contribution is -2.24. The summed E-state index contributed by atoms with van der Waals surface area (Å²) in [6.45, 7) is -0.102. The van der Waals surface area contributed by atoms with E-state index < -0.39 is 34.7 Å². The molecule has 0 fully saturated rings. The third-order valence-corrected chi connectivity index (χ3v) is 3.49. The van der Waals surface area contributed by atoms with Gasteiger partial charge in [0.15, 0.2) is 0 Å². The fraction of sp³-hybridized carbons (Fsp3) is 0.0588. The first kappa shape index (κ1) is 18.2. The van der Waals surface area contributed by atoms with E-state index in [1.54, 1.807) is 0 Å². The third-order valence-electron chi connectivity index (χ3n) is 3.49. The molecule has 1 heterocycles. The summed E-state index contributed by atoms with van der Waals surface area (Å²) in [6, 6.07) is 5.24. The Hall–Kier alpha value is -3.56. The Labute approximate surface area is 150 Å². The molecule has 0 unspecified atom stereocenters. The molecule has 1 aromatic heterocycles. The maximum atomic E-state index is 14.1. The molecule has 0 saturated carbocycles. The highest BCUT2D eigenvalue weighted by Crippen LogP contribution is 2.13. The Balaban J connectivity index is 1.90. The van der Waals surface area contributed by atoms with Gasteiger partial charge in [0, 0.05) is 17.7 Å². The van der Waals surface area contributed by atoms with Gasteiger partial charge in [-0.1, -0.05) is 0 Å². The van der Waals surface area contributed by atoms with Crippen LogP contribution in [-0.4, -0.2) is 26.4 Å². The van der Waals surface area contributed by atoms with Crippen LogP contribution in [0.15, 0.2) is 54.2 Å². The van der Waals surface area contributed by atoms with E-state index in [1.165, 1.54) is 17.3 Å². The Kier molecular flexibility index (Phi) is 5.25. The number of benzene rings is 2. The highest BCUT2D eigenvalue weighted by molar-refractivity contribution is 6.02. The summed E-state index contributed by atoms with van der Waals surface area (Å²) in [4.78, 5) is 15.8. The second-order valence-corrected chi connectivity index (χ2v) is 5.34. The van der Waals surface area contributed by atoms with Crippen molar-refractivity contribution in [3.63, 3.8) is 0 Å². The van der Waals surface area contributed by atoms with Crippen LogP contribution in [0.2, 0.25) is 0 Å². The van der Waals surface area contributed by atoms with Gasteiger partial charge in [-0.05, 0) is 24.3 Å². The molecule has 0 aliphatic rings. The average Bonchev–Trinajstić information content (AvgIpc) is 3.12. The average molecular weight is 377 g/mol. The minimum Gasteiger partial charge on any atom is -0.267 e. The second-order valence-electron chi connectivity index (χ2n) is 5.34. The van der Waals surface area contributed by atoms with Crippen molar-refractivity contribution in [2.45, 2.75) is 6.54 Å². The lowest BCUT2D eigenvalue weighted by Gasteiger charge is -2.09. The monoisotopic (exact) mass is 377 g/mol. The summed E-state index contributed by atoms with van der Waals surface area (Å²) in [5.74, 6) is -4.57. The number of carbonyl (C=O) groups excluding carboxylic acids is 1. The first-order valence-electron chi connectivity index (χ1n) is 7.54. The van der Waals surface area contributed by atoms with Crippen LogP contribution in [-0.2, 0) is 6.54 Å². The molecule has 3 rings (SSSR count). The summed E-state index contributed by atoms with van der Waals surface area (Å²) < 4.78 is 55.2. The Morgan fingerprint density at radius 1 is 1.00 bits per heavy atom. The van der Waals surface area contributed by atoms with Crippen molar-refractivity contribution in [3.05, 3.63) is 83.4 Å². The predicted octanol–water partition coefficient (Wildman–Crippen LogP) is 2.67. The molecule has 138 valence electrons. The van der Waals surface area contributed by atoms with Crippen molar-refractivity contribution in [1.29, 1.82) is 0 Å². The molecule has 3 aromatic rings. The SMILES string of the molecule is O=C(N/N=C(\Cn1cncn1)c1ccc(F)cc1F)c1ccc(F)cc1F. The molecule has 0 radical (unpaired) electrons. The number of carbonyl (C=O) groups is 1. The van der Waals surface area contributed by atoms with Crippen LogP contribution >= 0.6 is 0 Å². The van der Waals surface area contributed by atoms with Crippen molar-refractivity contribution < 1.29 is 22.4 Å². The molecule has 2 aromatic carbocycles. The van der Waals surface area contributed by atoms with Crippen LogP contribution in [0.4, 0.5) is 17.6 Å². The Morgan fingerprint density at radius 3 is 2.19 bits per heavy atom. The molecular weight excluding hydrogens is 366 g/mol. The fourth-order valence-electron chi connectivity index (χ4n) is 2.22. The van der Waals surface area contributed by atoms with Crippen LogP contribution < -0.4 is 5.43 Å². The molecule has 1 N–H and O–H groups in total. The number of rotatable bonds is 5. The van der Waals surface area contributed by atoms with Gasteiger partial charge in [-0.25, -0.2) is 32.7 Å². The van der Waals surface area contributed by atoms with E-state index >= 15 is 0 Å². The van der Waals surface area contributed by atoms with E-state index in [0.29, 0.717) is 12.1 Å². The maximum absolute atomic E-state index is 14.1. The molecule has 10 heteroatoms. The van der Waals surface area contributed by atoms with Crippen LogP contribution in [0.25, 0.3) is 0 Å². The molecule has 0 saturated heterocycles. The summed E-state index contributed by atoms with van der Waals surface area (Å²) in [7, 11) is 0. The first-order chi connectivity index (χ1) is 12.9. The van der Waals surface area contributed by atoms with Crippen molar-refractivity contribution in [3.8, 4) is 0 Å². The minimum atomic E-state index is -1.08. The zero-order valence-corrected chi connectivity index (χ0v) is 13.5. The van der Waals surface area contributed by atoms with Crippen molar-refractivity contribution >= 4 is 11.6 Å². The number of nitrogens with one attached hydrogen (secondary N) is 1. The lowest BCUT2D eigenvalue weighted by molar-refractivity contribution is 0.0950. The number of aromatic nitrogens is 3. The van der Waals surface area contributed by atoms with E-state index in [2.05, 4.69) is 20.6 Å². The fourth-order valence-corrected chi connectivity index (χ4v) is 2.22. The van der Waals surface area contributed by atoms with Gasteiger partial charge in [0.25, 0.3) is 5.91 Å². The molecule has 0 bridgehead atoms. The molecule has 6 nitrogen and oxygen atoms in total. The normalized spacial score (nSPS) is 11.5. The summed E-state index contributed by atoms with van der Waals surface area (Å²) in [5, 5.41) is 7.66. The van der Waals surface area contributed by atoms with Crippen molar-refractivity contribution in [2.24, 2.45) is 5.10 Å². The minimum absolute atomic E-state index is 0.0196. The summed E-state index contributed by atoms with van der Waals surface area (Å²) in [5.41, 5.74) is 1.52. The third kappa shape index (κ3) is 4.35. The van der Waals surface area contributed by atoms with Gasteiger partial charge in [-0.2, -0.15) is 10.2 Å². The molecule has 0 atom stereocenters. The standard InChI is InChI=1S/C17H11F4N5O/c18-10-1-3-12(14(20)5-10)16(7-26-9-22-8-23-26)24-25-17(27)13-4-2-11(19)6-15(13)21/h1-6,8-9H,7H2,(H,25,27)/b24-16+. The molecule has 1 amide bonds. The predicted molar refractivity (Wildman–Crippen MR) is 86.7 cm³/mol. The first-order valence-corrected chi connectivity index (χ1v) is 7.54. The van der Waals surface area contributed by atoms with Crippen LogP contribution in [0.1, 0.15) is 15.9 Å². The quantitative estimate of drug-likeness (QED) is 0.422. The molecular formula is C17H11F4N5O. The van der Waals surface area contributed by atoms with E-state index in [9.17, 15) is 22.4 Å². The highest BCUT2D eigenvalue weighted by atomic mass is 19.1. The Bertz CT molecular complexity index is 1000. The number of nitrogens with zero attached hydrogens (tertiary/aromatic N) is 4. The van der Waals surface area contributed by atoms with Crippen LogP contribution in [0, 0.1) is 23.3 Å². The topological polar surface area (TPSA) is 72.2 Å². The smallest absolute Gasteiger partial charge is 0.267 e. The molecule has 27 heavy (non-hydrogen) atoms. The van der Waals surface area contributed by atoms with Gasteiger partial charge >= 0.3 is 0 Å². The van der Waals surface area contributed by atoms with Crippen molar-refractivity contribution in [2.75, 3.05) is 0 Å². The van der Waals surface area contributed by atoms with E-state index in [0.717, 1.165) is 24.3 Å². The zero-order valence-electron chi connectivity index (χ0n) is 13.5. The van der Waals surface area contributed by atoms with Gasteiger partial charge < -0.3 is 0 Å². The summed E-state index contributed by atoms with van der Waals surface area (Å²) >= 11 is 0. The second kappa shape index (κ2) is 7.77. The number of hydrogen-bond acceptors (Lipinski definition) is 4. The van der Waals surface area contributed by atoms with Gasteiger partial charge in [-0.15, -0.1) is 0 Å². The zero-order chi connectivity index (χ0) is 19.4. The van der Waals surface area contributed by atoms with Gasteiger partial charge in [0.1, 0.15) is 35.9 Å². The summed E-state index contributed by atoms with van der Waals surface area (Å²) in [6.07, 6.45) is 2.57. The highest BCUT2D eigenvalue weighted by Gasteiger charge is 2.15. The van der Waals surface area contributed by atoms with Crippen molar-refractivity contribution in [1.82, 2.24) is 20.2 Å². The number of hydrogen-bond donors (Lipinski definition) is 1. The number of hydrazone groups is 1. The molecule has 0 spiro atoms. The molecule has 0 aliphatic carbocycles. The largest absolute Gasteiger partial charge is 0.274 e. The Morgan fingerprint density at radius 2 is 1.63 bits per heavy atom.